The molecule has 0 amide bonds. The van der Waals surface area contributed by atoms with E-state index in [0.717, 1.165) is 17.3 Å². The summed E-state index contributed by atoms with van der Waals surface area (Å²) in [6.45, 7) is 2.04. The molecule has 0 fully saturated rings. The molecule has 80 valence electrons. The third-order valence-corrected chi connectivity index (χ3v) is 2.53. The Balaban J connectivity index is 2.52. The van der Waals surface area contributed by atoms with Crippen LogP contribution in [0.25, 0.3) is 11.1 Å². The van der Waals surface area contributed by atoms with E-state index in [1.165, 1.54) is 5.56 Å². The summed E-state index contributed by atoms with van der Waals surface area (Å²) in [6, 6.07) is 13.4. The fraction of sp³-hybridized carbons (Fsp3) is 0.0714. The topological polar surface area (TPSA) is 44.1 Å². The lowest BCUT2D eigenvalue weighted by molar-refractivity contribution is 0.474. The van der Waals surface area contributed by atoms with Gasteiger partial charge in [-0.2, -0.15) is 0 Å². The molecule has 0 atom stereocenters. The summed E-state index contributed by atoms with van der Waals surface area (Å²) >= 11 is 0. The molecule has 0 saturated carbocycles. The Hall–Kier alpha value is -2.09. The Morgan fingerprint density at radius 1 is 1.06 bits per heavy atom. The first kappa shape index (κ1) is 10.4. The lowest BCUT2D eigenvalue weighted by Gasteiger charge is -2.05. The first-order valence-electron chi connectivity index (χ1n) is 5.11. The number of rotatable bonds is 2. The third kappa shape index (κ3) is 1.96. The van der Waals surface area contributed by atoms with Crippen molar-refractivity contribution in [2.24, 2.45) is 0 Å². The van der Waals surface area contributed by atoms with Crippen LogP contribution in [-0.2, 0) is 0 Å². The van der Waals surface area contributed by atoms with Gasteiger partial charge in [0.1, 0.15) is 5.75 Å². The van der Waals surface area contributed by atoms with Gasteiger partial charge in [0.05, 0.1) is 0 Å². The number of aromatic hydroxyl groups is 1. The number of hydrogen-bond donors (Lipinski definition) is 2. The maximum atomic E-state index is 9.49. The Bertz CT molecular complexity index is 532. The highest BCUT2D eigenvalue weighted by Crippen LogP contribution is 2.25. The van der Waals surface area contributed by atoms with Crippen molar-refractivity contribution in [2.75, 3.05) is 0 Å². The van der Waals surface area contributed by atoms with Crippen molar-refractivity contribution in [1.29, 1.82) is 5.41 Å². The molecular weight excluding hydrogens is 198 g/mol. The molecule has 0 aliphatic heterocycles. The van der Waals surface area contributed by atoms with Crippen LogP contribution in [0.4, 0.5) is 0 Å². The van der Waals surface area contributed by atoms with Gasteiger partial charge in [0.25, 0.3) is 0 Å². The van der Waals surface area contributed by atoms with Crippen molar-refractivity contribution in [2.45, 2.75) is 6.92 Å². The average Bonchev–Trinajstić information content (AvgIpc) is 2.29. The Morgan fingerprint density at radius 3 is 2.50 bits per heavy atom. The number of phenolic OH excluding ortho intramolecular Hbond substituents is 1. The molecular formula is C14H13NO. The average molecular weight is 211 g/mol. The molecule has 0 aliphatic carbocycles. The van der Waals surface area contributed by atoms with Gasteiger partial charge in [0, 0.05) is 11.8 Å². The summed E-state index contributed by atoms with van der Waals surface area (Å²) in [4.78, 5) is 0. The molecule has 0 spiro atoms. The lowest BCUT2D eigenvalue weighted by atomic mass is 10.0. The zero-order valence-corrected chi connectivity index (χ0v) is 9.07. The molecule has 0 radical (unpaired) electrons. The molecule has 2 heteroatoms. The minimum Gasteiger partial charge on any atom is -0.507 e. The van der Waals surface area contributed by atoms with E-state index >= 15 is 0 Å². The van der Waals surface area contributed by atoms with Crippen LogP contribution >= 0.6 is 0 Å². The van der Waals surface area contributed by atoms with Crippen LogP contribution in [0.15, 0.2) is 42.5 Å². The van der Waals surface area contributed by atoms with E-state index in [9.17, 15) is 5.11 Å². The molecule has 0 aliphatic rings. The second-order valence-electron chi connectivity index (χ2n) is 3.79. The molecule has 2 rings (SSSR count). The molecule has 0 saturated heterocycles. The SMILES string of the molecule is Cc1cccc(-c2ccc(O)c(C=N)c2)c1. The maximum absolute atomic E-state index is 9.49. The predicted octanol–water partition coefficient (Wildman–Crippen LogP) is 3.37. The van der Waals surface area contributed by atoms with Crippen LogP contribution in [0.3, 0.4) is 0 Å². The predicted molar refractivity (Wildman–Crippen MR) is 66.2 cm³/mol. The van der Waals surface area contributed by atoms with Gasteiger partial charge in [-0.25, -0.2) is 0 Å². The molecule has 2 aromatic carbocycles. The minimum absolute atomic E-state index is 0.145. The van der Waals surface area contributed by atoms with E-state index in [4.69, 9.17) is 5.41 Å². The summed E-state index contributed by atoms with van der Waals surface area (Å²) in [5, 5.41) is 16.7. The normalized spacial score (nSPS) is 10.1. The number of phenols is 1. The largest absolute Gasteiger partial charge is 0.507 e. The Morgan fingerprint density at radius 2 is 1.81 bits per heavy atom. The molecule has 0 aromatic heterocycles. The van der Waals surface area contributed by atoms with Crippen molar-refractivity contribution in [3.05, 3.63) is 53.6 Å². The minimum atomic E-state index is 0.145. The second-order valence-corrected chi connectivity index (χ2v) is 3.79. The second kappa shape index (κ2) is 4.19. The summed E-state index contributed by atoms with van der Waals surface area (Å²) in [7, 11) is 0. The Labute approximate surface area is 94.7 Å². The quantitative estimate of drug-likeness (QED) is 0.735. The van der Waals surface area contributed by atoms with E-state index in [1.54, 1.807) is 6.07 Å². The van der Waals surface area contributed by atoms with Gasteiger partial charge in [-0.1, -0.05) is 35.9 Å². The van der Waals surface area contributed by atoms with Crippen molar-refractivity contribution in [3.8, 4) is 16.9 Å². The van der Waals surface area contributed by atoms with Crippen LogP contribution in [0.5, 0.6) is 5.75 Å². The van der Waals surface area contributed by atoms with Crippen LogP contribution in [0.1, 0.15) is 11.1 Å². The maximum Gasteiger partial charge on any atom is 0.124 e. The highest BCUT2D eigenvalue weighted by atomic mass is 16.3. The third-order valence-electron chi connectivity index (χ3n) is 2.53. The lowest BCUT2D eigenvalue weighted by Crippen LogP contribution is -1.84. The molecule has 0 unspecified atom stereocenters. The van der Waals surface area contributed by atoms with E-state index < -0.39 is 0 Å². The highest BCUT2D eigenvalue weighted by Gasteiger charge is 2.02. The highest BCUT2D eigenvalue weighted by molar-refractivity contribution is 5.84. The standard InChI is InChI=1S/C14H13NO/c1-10-3-2-4-11(7-10)12-5-6-14(16)13(8-12)9-15/h2-9,15-16H,1H3. The van der Waals surface area contributed by atoms with Gasteiger partial charge in [0.2, 0.25) is 0 Å². The monoisotopic (exact) mass is 211 g/mol. The van der Waals surface area contributed by atoms with Crippen LogP contribution in [0, 0.1) is 12.3 Å². The zero-order chi connectivity index (χ0) is 11.5. The first-order valence-corrected chi connectivity index (χ1v) is 5.11. The fourth-order valence-corrected chi connectivity index (χ4v) is 1.67. The van der Waals surface area contributed by atoms with Crippen LogP contribution in [-0.4, -0.2) is 11.3 Å². The van der Waals surface area contributed by atoms with Gasteiger partial charge in [-0.15, -0.1) is 0 Å². The van der Waals surface area contributed by atoms with E-state index in [-0.39, 0.29) is 5.75 Å². The van der Waals surface area contributed by atoms with Crippen molar-refractivity contribution in [3.63, 3.8) is 0 Å². The molecule has 2 aromatic rings. The smallest absolute Gasteiger partial charge is 0.124 e. The van der Waals surface area contributed by atoms with Gasteiger partial charge < -0.3 is 10.5 Å². The van der Waals surface area contributed by atoms with Gasteiger partial charge in [0.15, 0.2) is 0 Å². The van der Waals surface area contributed by atoms with Crippen molar-refractivity contribution >= 4 is 6.21 Å². The number of aryl methyl sites for hydroxylation is 1. The molecule has 0 bridgehead atoms. The number of benzene rings is 2. The van der Waals surface area contributed by atoms with Crippen LogP contribution in [0.2, 0.25) is 0 Å². The first-order chi connectivity index (χ1) is 7.70. The van der Waals surface area contributed by atoms with Gasteiger partial charge in [-0.05, 0) is 30.2 Å². The molecule has 16 heavy (non-hydrogen) atoms. The summed E-state index contributed by atoms with van der Waals surface area (Å²) in [5.41, 5.74) is 3.85. The molecule has 0 heterocycles. The summed E-state index contributed by atoms with van der Waals surface area (Å²) < 4.78 is 0. The fourth-order valence-electron chi connectivity index (χ4n) is 1.67. The summed E-state index contributed by atoms with van der Waals surface area (Å²) in [6.07, 6.45) is 1.16. The number of hydrogen-bond acceptors (Lipinski definition) is 2. The zero-order valence-electron chi connectivity index (χ0n) is 9.07. The van der Waals surface area contributed by atoms with Crippen molar-refractivity contribution < 1.29 is 5.11 Å². The van der Waals surface area contributed by atoms with Gasteiger partial charge in [-0.3, -0.25) is 0 Å². The number of nitrogens with one attached hydrogen (secondary N) is 1. The molecule has 2 nitrogen and oxygen atoms in total. The van der Waals surface area contributed by atoms with Gasteiger partial charge >= 0.3 is 0 Å². The van der Waals surface area contributed by atoms with Crippen molar-refractivity contribution in [1.82, 2.24) is 0 Å². The molecule has 2 N–H and O–H groups in total. The van der Waals surface area contributed by atoms with E-state index in [1.807, 2.05) is 37.3 Å². The van der Waals surface area contributed by atoms with E-state index in [0.29, 0.717) is 5.56 Å². The summed E-state index contributed by atoms with van der Waals surface area (Å²) in [5.74, 6) is 0.145. The van der Waals surface area contributed by atoms with Crippen LogP contribution < -0.4 is 0 Å². The Kier molecular flexibility index (Phi) is 2.73. The van der Waals surface area contributed by atoms with E-state index in [2.05, 4.69) is 6.07 Å².